The Morgan fingerprint density at radius 1 is 1.10 bits per heavy atom. The highest BCUT2D eigenvalue weighted by Gasteiger charge is 2.14. The van der Waals surface area contributed by atoms with Crippen LogP contribution in [0.15, 0.2) is 65.5 Å². The van der Waals surface area contributed by atoms with Crippen LogP contribution in [0.3, 0.4) is 0 Å². The zero-order chi connectivity index (χ0) is 21.5. The first-order valence-electron chi connectivity index (χ1n) is 9.28. The number of hydrogen-bond donors (Lipinski definition) is 0. The summed E-state index contributed by atoms with van der Waals surface area (Å²) in [5.41, 5.74) is 2.24. The van der Waals surface area contributed by atoms with Crippen molar-refractivity contribution in [3.63, 3.8) is 0 Å². The van der Waals surface area contributed by atoms with Gasteiger partial charge >= 0.3 is 0 Å². The van der Waals surface area contributed by atoms with E-state index in [0.29, 0.717) is 31.4 Å². The highest BCUT2D eigenvalue weighted by molar-refractivity contribution is 7.15. The SMILES string of the molecule is O=c1/c(=C/c2cc(Cl)cc(Cl)c2OCc2ccccc2F)sc2nc3ccccc3n12. The Morgan fingerprint density at radius 3 is 2.71 bits per heavy atom. The molecule has 3 aromatic carbocycles. The third kappa shape index (κ3) is 3.67. The van der Waals surface area contributed by atoms with Gasteiger partial charge in [0.05, 0.1) is 20.6 Å². The summed E-state index contributed by atoms with van der Waals surface area (Å²) < 4.78 is 21.9. The monoisotopic (exact) mass is 470 g/mol. The van der Waals surface area contributed by atoms with Crippen molar-refractivity contribution in [3.8, 4) is 5.75 Å². The minimum absolute atomic E-state index is 0.0164. The van der Waals surface area contributed by atoms with Crippen LogP contribution in [0.5, 0.6) is 5.75 Å². The lowest BCUT2D eigenvalue weighted by Crippen LogP contribution is -2.22. The van der Waals surface area contributed by atoms with Crippen LogP contribution in [-0.4, -0.2) is 9.38 Å². The molecule has 0 saturated heterocycles. The molecule has 0 bridgehead atoms. The van der Waals surface area contributed by atoms with Gasteiger partial charge in [-0.15, -0.1) is 0 Å². The number of hydrogen-bond acceptors (Lipinski definition) is 4. The van der Waals surface area contributed by atoms with Gasteiger partial charge in [0.1, 0.15) is 18.2 Å². The maximum atomic E-state index is 14.0. The van der Waals surface area contributed by atoms with Gasteiger partial charge in [0.2, 0.25) is 0 Å². The van der Waals surface area contributed by atoms with Crippen molar-refractivity contribution in [2.75, 3.05) is 0 Å². The largest absolute Gasteiger partial charge is 0.487 e. The normalized spacial score (nSPS) is 12.2. The minimum Gasteiger partial charge on any atom is -0.487 e. The van der Waals surface area contributed by atoms with Crippen LogP contribution in [-0.2, 0) is 6.61 Å². The van der Waals surface area contributed by atoms with Crippen molar-refractivity contribution in [2.45, 2.75) is 6.61 Å². The van der Waals surface area contributed by atoms with Crippen molar-refractivity contribution in [2.24, 2.45) is 0 Å². The van der Waals surface area contributed by atoms with Gasteiger partial charge in [-0.05, 0) is 36.4 Å². The molecule has 0 saturated carbocycles. The molecule has 0 aliphatic rings. The minimum atomic E-state index is -0.369. The van der Waals surface area contributed by atoms with Gasteiger partial charge in [0.25, 0.3) is 5.56 Å². The van der Waals surface area contributed by atoms with E-state index in [4.69, 9.17) is 27.9 Å². The van der Waals surface area contributed by atoms with Gasteiger partial charge in [-0.1, -0.05) is 64.9 Å². The van der Waals surface area contributed by atoms with E-state index in [-0.39, 0.29) is 23.0 Å². The molecule has 0 N–H and O–H groups in total. The van der Waals surface area contributed by atoms with E-state index < -0.39 is 0 Å². The van der Waals surface area contributed by atoms with Crippen molar-refractivity contribution in [1.82, 2.24) is 9.38 Å². The number of aromatic nitrogens is 2. The molecule has 31 heavy (non-hydrogen) atoms. The van der Waals surface area contributed by atoms with Crippen LogP contribution in [0.4, 0.5) is 4.39 Å². The predicted molar refractivity (Wildman–Crippen MR) is 123 cm³/mol. The molecule has 0 fully saturated rings. The number of para-hydroxylation sites is 2. The molecule has 154 valence electrons. The summed E-state index contributed by atoms with van der Waals surface area (Å²) in [7, 11) is 0. The molecular weight excluding hydrogens is 458 g/mol. The highest BCUT2D eigenvalue weighted by atomic mass is 35.5. The smallest absolute Gasteiger partial charge is 0.274 e. The van der Waals surface area contributed by atoms with E-state index in [1.54, 1.807) is 40.8 Å². The first-order valence-corrected chi connectivity index (χ1v) is 10.9. The number of rotatable bonds is 4. The van der Waals surface area contributed by atoms with E-state index in [9.17, 15) is 9.18 Å². The zero-order valence-corrected chi connectivity index (χ0v) is 18.1. The summed E-state index contributed by atoms with van der Waals surface area (Å²) >= 11 is 13.8. The van der Waals surface area contributed by atoms with Gasteiger partial charge in [-0.3, -0.25) is 4.79 Å². The number of benzene rings is 3. The van der Waals surface area contributed by atoms with Crippen molar-refractivity contribution in [3.05, 3.63) is 103 Å². The Labute approximate surface area is 189 Å². The van der Waals surface area contributed by atoms with Crippen LogP contribution >= 0.6 is 34.5 Å². The second-order valence-corrected chi connectivity index (χ2v) is 8.67. The van der Waals surface area contributed by atoms with Gasteiger partial charge in [0, 0.05) is 16.1 Å². The molecule has 0 atom stereocenters. The Balaban J connectivity index is 1.62. The average Bonchev–Trinajstić information content (AvgIpc) is 3.25. The fourth-order valence-electron chi connectivity index (χ4n) is 3.36. The molecule has 4 nitrogen and oxygen atoms in total. The summed E-state index contributed by atoms with van der Waals surface area (Å²) in [6.45, 7) is -0.0164. The van der Waals surface area contributed by atoms with Gasteiger partial charge in [-0.2, -0.15) is 0 Å². The van der Waals surface area contributed by atoms with E-state index >= 15 is 0 Å². The first kappa shape index (κ1) is 20.0. The van der Waals surface area contributed by atoms with Crippen LogP contribution in [0, 0.1) is 5.82 Å². The predicted octanol–water partition coefficient (Wildman–Crippen LogP) is 5.48. The fraction of sp³-hybridized carbons (Fsp3) is 0.0435. The Morgan fingerprint density at radius 2 is 1.87 bits per heavy atom. The van der Waals surface area contributed by atoms with Gasteiger partial charge < -0.3 is 4.74 Å². The van der Waals surface area contributed by atoms with Gasteiger partial charge in [-0.25, -0.2) is 13.8 Å². The fourth-order valence-corrected chi connectivity index (χ4v) is 4.90. The summed E-state index contributed by atoms with van der Waals surface area (Å²) in [6, 6.07) is 17.0. The number of fused-ring (bicyclic) bond motifs is 3. The maximum absolute atomic E-state index is 14.0. The molecule has 2 heterocycles. The summed E-state index contributed by atoms with van der Waals surface area (Å²) in [4.78, 5) is 18.2. The molecule has 8 heteroatoms. The van der Waals surface area contributed by atoms with Crippen LogP contribution in [0.25, 0.3) is 22.1 Å². The lowest BCUT2D eigenvalue weighted by atomic mass is 10.2. The molecule has 5 rings (SSSR count). The van der Waals surface area contributed by atoms with Gasteiger partial charge in [0.15, 0.2) is 4.96 Å². The van der Waals surface area contributed by atoms with E-state index in [0.717, 1.165) is 11.0 Å². The molecule has 5 aromatic rings. The molecule has 0 aliphatic heterocycles. The first-order chi connectivity index (χ1) is 15.0. The zero-order valence-electron chi connectivity index (χ0n) is 15.8. The van der Waals surface area contributed by atoms with E-state index in [1.165, 1.54) is 17.4 Å². The molecular formula is C23H13Cl2FN2O2S. The average molecular weight is 471 g/mol. The Bertz CT molecular complexity index is 1560. The molecule has 0 radical (unpaired) electrons. The number of imidazole rings is 1. The summed E-state index contributed by atoms with van der Waals surface area (Å²) in [5.74, 6) is -0.0454. The van der Waals surface area contributed by atoms with Crippen LogP contribution in [0.1, 0.15) is 11.1 Å². The van der Waals surface area contributed by atoms with Crippen molar-refractivity contribution >= 4 is 56.6 Å². The number of halogens is 3. The summed E-state index contributed by atoms with van der Waals surface area (Å²) in [6.07, 6.45) is 1.67. The van der Waals surface area contributed by atoms with Crippen molar-refractivity contribution in [1.29, 1.82) is 0 Å². The van der Waals surface area contributed by atoms with Crippen LogP contribution < -0.4 is 14.8 Å². The lowest BCUT2D eigenvalue weighted by molar-refractivity contribution is 0.299. The molecule has 0 amide bonds. The summed E-state index contributed by atoms with van der Waals surface area (Å²) in [5, 5.41) is 0.669. The van der Waals surface area contributed by atoms with Crippen molar-refractivity contribution < 1.29 is 9.13 Å². The maximum Gasteiger partial charge on any atom is 0.274 e. The molecule has 2 aromatic heterocycles. The third-order valence-electron chi connectivity index (χ3n) is 4.80. The number of thiazole rings is 1. The molecule has 0 spiro atoms. The highest BCUT2D eigenvalue weighted by Crippen LogP contribution is 2.34. The Kier molecular flexibility index (Phi) is 5.14. The topological polar surface area (TPSA) is 43.6 Å². The second-order valence-electron chi connectivity index (χ2n) is 6.82. The standard InChI is InChI=1S/C23H13Cl2FN2O2S/c24-15-9-14(21(16(25)11-15)30-12-13-5-1-2-6-17(13)26)10-20-22(29)28-19-8-4-3-7-18(19)27-23(28)31-20/h1-11H,12H2/b20-10-. The third-order valence-corrected chi connectivity index (χ3v) is 6.27. The quantitative estimate of drug-likeness (QED) is 0.349. The lowest BCUT2D eigenvalue weighted by Gasteiger charge is -2.12. The van der Waals surface area contributed by atoms with E-state index in [2.05, 4.69) is 4.98 Å². The Hall–Kier alpha value is -2.93. The molecule has 0 unspecified atom stereocenters. The number of nitrogens with zero attached hydrogens (tertiary/aromatic N) is 2. The number of ether oxygens (including phenoxy) is 1. The molecule has 0 aliphatic carbocycles. The van der Waals surface area contributed by atoms with Crippen LogP contribution in [0.2, 0.25) is 10.0 Å². The van der Waals surface area contributed by atoms with E-state index in [1.807, 2.05) is 24.3 Å². The second kappa shape index (κ2) is 7.96.